The van der Waals surface area contributed by atoms with Gasteiger partial charge < -0.3 is 15.5 Å². The van der Waals surface area contributed by atoms with Crippen molar-refractivity contribution in [2.75, 3.05) is 5.32 Å². The van der Waals surface area contributed by atoms with Crippen LogP contribution in [0.3, 0.4) is 0 Å². The summed E-state index contributed by atoms with van der Waals surface area (Å²) < 4.78 is 0.766. The van der Waals surface area contributed by atoms with Crippen molar-refractivity contribution in [2.24, 2.45) is 0 Å². The van der Waals surface area contributed by atoms with Gasteiger partial charge in [0.25, 0.3) is 5.91 Å². The molecule has 0 aliphatic carbocycles. The summed E-state index contributed by atoms with van der Waals surface area (Å²) in [7, 11) is 0. The van der Waals surface area contributed by atoms with E-state index in [1.165, 1.54) is 18.2 Å². The number of anilines is 1. The predicted octanol–water partition coefficient (Wildman–Crippen LogP) is 3.11. The summed E-state index contributed by atoms with van der Waals surface area (Å²) in [4.78, 5) is 22.9. The van der Waals surface area contributed by atoms with Crippen LogP contribution in [-0.2, 0) is 0 Å². The highest BCUT2D eigenvalue weighted by atomic mass is 79.9. The van der Waals surface area contributed by atoms with Gasteiger partial charge in [0.2, 0.25) is 0 Å². The average Bonchev–Trinajstić information content (AvgIpc) is 2.40. The second-order valence-electron chi connectivity index (χ2n) is 4.00. The summed E-state index contributed by atoms with van der Waals surface area (Å²) in [6.07, 6.45) is 0. The molecule has 0 unspecified atom stereocenters. The van der Waals surface area contributed by atoms with Crippen molar-refractivity contribution in [1.29, 1.82) is 0 Å². The van der Waals surface area contributed by atoms with Crippen LogP contribution in [0.2, 0.25) is 0 Å². The number of aromatic carboxylic acids is 1. The first-order chi connectivity index (χ1) is 9.47. The zero-order valence-electron chi connectivity index (χ0n) is 10.1. The number of carbonyl (C=O) groups is 2. The van der Waals surface area contributed by atoms with E-state index in [-0.39, 0.29) is 17.2 Å². The van der Waals surface area contributed by atoms with Crippen LogP contribution in [0.25, 0.3) is 0 Å². The lowest BCUT2D eigenvalue weighted by Crippen LogP contribution is -2.12. The molecule has 6 heteroatoms. The lowest BCUT2D eigenvalue weighted by Gasteiger charge is -2.07. The van der Waals surface area contributed by atoms with Gasteiger partial charge in [-0.3, -0.25) is 4.79 Å². The number of benzene rings is 2. The summed E-state index contributed by atoms with van der Waals surface area (Å²) in [5.41, 5.74) is 0.464. The minimum Gasteiger partial charge on any atom is -0.507 e. The zero-order chi connectivity index (χ0) is 14.7. The van der Waals surface area contributed by atoms with Crippen molar-refractivity contribution >= 4 is 33.5 Å². The van der Waals surface area contributed by atoms with E-state index in [0.717, 1.165) is 4.47 Å². The van der Waals surface area contributed by atoms with Crippen molar-refractivity contribution < 1.29 is 19.8 Å². The van der Waals surface area contributed by atoms with Gasteiger partial charge in [0.15, 0.2) is 0 Å². The van der Waals surface area contributed by atoms with Gasteiger partial charge in [-0.15, -0.1) is 0 Å². The average molecular weight is 336 g/mol. The number of halogens is 1. The molecule has 0 aliphatic rings. The largest absolute Gasteiger partial charge is 0.507 e. The van der Waals surface area contributed by atoms with Gasteiger partial charge in [0.05, 0.1) is 0 Å². The molecule has 3 N–H and O–H groups in total. The lowest BCUT2D eigenvalue weighted by molar-refractivity contribution is 0.0693. The highest BCUT2D eigenvalue weighted by Gasteiger charge is 2.12. The van der Waals surface area contributed by atoms with E-state index < -0.39 is 5.97 Å². The highest BCUT2D eigenvalue weighted by Crippen LogP contribution is 2.22. The number of carboxylic acids is 1. The summed E-state index contributed by atoms with van der Waals surface area (Å²) in [6.45, 7) is 0. The third-order valence-electron chi connectivity index (χ3n) is 2.57. The molecule has 0 spiro atoms. The summed E-state index contributed by atoms with van der Waals surface area (Å²) in [6, 6.07) is 10.6. The zero-order valence-corrected chi connectivity index (χ0v) is 11.7. The van der Waals surface area contributed by atoms with E-state index >= 15 is 0 Å². The van der Waals surface area contributed by atoms with E-state index in [1.54, 1.807) is 24.3 Å². The quantitative estimate of drug-likeness (QED) is 0.752. The van der Waals surface area contributed by atoms with Gasteiger partial charge in [-0.25, -0.2) is 4.79 Å². The molecular weight excluding hydrogens is 326 g/mol. The molecule has 2 aromatic carbocycles. The topological polar surface area (TPSA) is 86.6 Å². The summed E-state index contributed by atoms with van der Waals surface area (Å²) in [5, 5.41) is 20.9. The van der Waals surface area contributed by atoms with Crippen molar-refractivity contribution in [3.63, 3.8) is 0 Å². The van der Waals surface area contributed by atoms with Crippen LogP contribution in [0.5, 0.6) is 5.75 Å². The predicted molar refractivity (Wildman–Crippen MR) is 77.2 cm³/mol. The molecule has 1 amide bonds. The molecule has 0 aliphatic heterocycles. The molecule has 20 heavy (non-hydrogen) atoms. The first-order valence-corrected chi connectivity index (χ1v) is 6.40. The second kappa shape index (κ2) is 5.75. The molecule has 5 nitrogen and oxygen atoms in total. The van der Waals surface area contributed by atoms with Crippen molar-refractivity contribution in [1.82, 2.24) is 0 Å². The van der Waals surface area contributed by atoms with Gasteiger partial charge in [0.1, 0.15) is 11.3 Å². The standard InChI is InChI=1S/C14H10BrNO4/c15-9-3-1-2-8(6-9)13(18)16-10-4-5-12(17)11(7-10)14(19)20/h1-7,17H,(H,16,18)(H,19,20). The number of rotatable bonds is 3. The maximum absolute atomic E-state index is 12.0. The Morgan fingerprint density at radius 2 is 1.85 bits per heavy atom. The molecular formula is C14H10BrNO4. The highest BCUT2D eigenvalue weighted by molar-refractivity contribution is 9.10. The van der Waals surface area contributed by atoms with E-state index in [9.17, 15) is 14.7 Å². The number of carboxylic acid groups (broad SMARTS) is 1. The summed E-state index contributed by atoms with van der Waals surface area (Å²) in [5.74, 6) is -1.98. The number of aromatic hydroxyl groups is 1. The first kappa shape index (κ1) is 14.1. The third kappa shape index (κ3) is 3.16. The molecule has 2 aromatic rings. The number of carbonyl (C=O) groups excluding carboxylic acids is 1. The number of hydrogen-bond donors (Lipinski definition) is 3. The molecule has 0 atom stereocenters. The fourth-order valence-corrected chi connectivity index (χ4v) is 2.02. The van der Waals surface area contributed by atoms with Crippen LogP contribution < -0.4 is 5.32 Å². The minimum atomic E-state index is -1.26. The number of phenols is 1. The molecule has 102 valence electrons. The van der Waals surface area contributed by atoms with Gasteiger partial charge in [-0.05, 0) is 36.4 Å². The Labute approximate surface area is 123 Å². The fraction of sp³-hybridized carbons (Fsp3) is 0. The van der Waals surface area contributed by atoms with E-state index in [0.29, 0.717) is 11.3 Å². The van der Waals surface area contributed by atoms with Crippen LogP contribution in [0, 0.1) is 0 Å². The Balaban J connectivity index is 2.24. The van der Waals surface area contributed by atoms with Crippen LogP contribution >= 0.6 is 15.9 Å². The van der Waals surface area contributed by atoms with E-state index in [2.05, 4.69) is 21.2 Å². The minimum absolute atomic E-state index is 0.267. The van der Waals surface area contributed by atoms with Crippen LogP contribution in [0.4, 0.5) is 5.69 Å². The summed E-state index contributed by atoms with van der Waals surface area (Å²) >= 11 is 3.27. The molecule has 0 saturated heterocycles. The molecule has 0 fully saturated rings. The molecule has 0 bridgehead atoms. The fourth-order valence-electron chi connectivity index (χ4n) is 1.62. The van der Waals surface area contributed by atoms with Crippen molar-refractivity contribution in [2.45, 2.75) is 0 Å². The smallest absolute Gasteiger partial charge is 0.339 e. The monoisotopic (exact) mass is 335 g/mol. The first-order valence-electron chi connectivity index (χ1n) is 5.60. The Bertz CT molecular complexity index is 685. The van der Waals surface area contributed by atoms with Gasteiger partial charge in [-0.2, -0.15) is 0 Å². The number of nitrogens with one attached hydrogen (secondary N) is 1. The maximum Gasteiger partial charge on any atom is 0.339 e. The molecule has 2 rings (SSSR count). The third-order valence-corrected chi connectivity index (χ3v) is 3.06. The van der Waals surface area contributed by atoms with Crippen LogP contribution in [0.15, 0.2) is 46.9 Å². The number of hydrogen-bond acceptors (Lipinski definition) is 3. The normalized spacial score (nSPS) is 10.1. The molecule has 0 saturated carbocycles. The Hall–Kier alpha value is -2.34. The number of amides is 1. The van der Waals surface area contributed by atoms with Gasteiger partial charge in [0, 0.05) is 15.7 Å². The van der Waals surface area contributed by atoms with Crippen LogP contribution in [-0.4, -0.2) is 22.1 Å². The SMILES string of the molecule is O=C(Nc1ccc(O)c(C(=O)O)c1)c1cccc(Br)c1. The van der Waals surface area contributed by atoms with Gasteiger partial charge in [-0.1, -0.05) is 22.0 Å². The van der Waals surface area contributed by atoms with Crippen LogP contribution in [0.1, 0.15) is 20.7 Å². The second-order valence-corrected chi connectivity index (χ2v) is 4.92. The Morgan fingerprint density at radius 3 is 2.50 bits per heavy atom. The van der Waals surface area contributed by atoms with Crippen molar-refractivity contribution in [3.05, 3.63) is 58.1 Å². The molecule has 0 heterocycles. The molecule has 0 radical (unpaired) electrons. The maximum atomic E-state index is 12.0. The van der Waals surface area contributed by atoms with Crippen molar-refractivity contribution in [3.8, 4) is 5.75 Å². The molecule has 0 aromatic heterocycles. The van der Waals surface area contributed by atoms with E-state index in [1.807, 2.05) is 0 Å². The Kier molecular flexibility index (Phi) is 4.05. The Morgan fingerprint density at radius 1 is 1.10 bits per heavy atom. The lowest BCUT2D eigenvalue weighted by atomic mass is 10.1. The van der Waals surface area contributed by atoms with E-state index in [4.69, 9.17) is 5.11 Å². The van der Waals surface area contributed by atoms with Gasteiger partial charge >= 0.3 is 5.97 Å².